The molecule has 1 N–H and O–H groups in total. The third-order valence-corrected chi connectivity index (χ3v) is 7.33. The van der Waals surface area contributed by atoms with Gasteiger partial charge >= 0.3 is 0 Å². The number of thiophene rings is 2. The van der Waals surface area contributed by atoms with Crippen molar-refractivity contribution in [2.75, 3.05) is 7.05 Å². The standard InChI is InChI=1S/C14H18N2O3S3/c1-10(15-22(18,19)13-7-5-9-21-13)14(17)16(3)11(2)12-6-4-8-20-12/h4-11,15H,1-3H3. The van der Waals surface area contributed by atoms with E-state index in [1.165, 1.54) is 6.07 Å². The molecule has 0 spiro atoms. The van der Waals surface area contributed by atoms with Crippen molar-refractivity contribution in [3.8, 4) is 0 Å². The second-order valence-corrected chi connectivity index (χ2v) is 8.78. The monoisotopic (exact) mass is 358 g/mol. The summed E-state index contributed by atoms with van der Waals surface area (Å²) >= 11 is 2.69. The minimum absolute atomic E-state index is 0.0961. The summed E-state index contributed by atoms with van der Waals surface area (Å²) in [6.45, 7) is 3.48. The summed E-state index contributed by atoms with van der Waals surface area (Å²) in [6.07, 6.45) is 0. The van der Waals surface area contributed by atoms with Crippen molar-refractivity contribution in [2.24, 2.45) is 0 Å². The number of hydrogen-bond acceptors (Lipinski definition) is 5. The van der Waals surface area contributed by atoms with Crippen LogP contribution in [0.15, 0.2) is 39.2 Å². The molecule has 2 atom stereocenters. The van der Waals surface area contributed by atoms with Crippen LogP contribution in [0, 0.1) is 0 Å². The van der Waals surface area contributed by atoms with E-state index in [-0.39, 0.29) is 16.2 Å². The van der Waals surface area contributed by atoms with E-state index in [0.717, 1.165) is 16.2 Å². The van der Waals surface area contributed by atoms with Gasteiger partial charge in [0.1, 0.15) is 4.21 Å². The SMILES string of the molecule is CC(NS(=O)(=O)c1cccs1)C(=O)N(C)C(C)c1cccs1. The fourth-order valence-corrected chi connectivity index (χ4v) is 5.01. The zero-order valence-electron chi connectivity index (χ0n) is 12.5. The van der Waals surface area contributed by atoms with Crippen LogP contribution in [0.4, 0.5) is 0 Å². The lowest BCUT2D eigenvalue weighted by atomic mass is 10.2. The molecule has 0 saturated carbocycles. The molecule has 120 valence electrons. The fraction of sp³-hybridized carbons (Fsp3) is 0.357. The van der Waals surface area contributed by atoms with Crippen molar-refractivity contribution in [1.82, 2.24) is 9.62 Å². The molecular weight excluding hydrogens is 340 g/mol. The first-order chi connectivity index (χ1) is 10.3. The van der Waals surface area contributed by atoms with Crippen molar-refractivity contribution < 1.29 is 13.2 Å². The number of carbonyl (C=O) groups excluding carboxylic acids is 1. The van der Waals surface area contributed by atoms with Gasteiger partial charge in [0.05, 0.1) is 12.1 Å². The van der Waals surface area contributed by atoms with Gasteiger partial charge in [-0.3, -0.25) is 4.79 Å². The molecule has 2 rings (SSSR count). The quantitative estimate of drug-likeness (QED) is 0.863. The first kappa shape index (κ1) is 17.1. The Hall–Kier alpha value is -1.22. The molecule has 2 aromatic heterocycles. The first-order valence-electron chi connectivity index (χ1n) is 6.69. The van der Waals surface area contributed by atoms with Gasteiger partial charge in [0, 0.05) is 11.9 Å². The number of nitrogens with zero attached hydrogens (tertiary/aromatic N) is 1. The third kappa shape index (κ3) is 3.75. The van der Waals surface area contributed by atoms with Gasteiger partial charge < -0.3 is 4.90 Å². The van der Waals surface area contributed by atoms with Crippen LogP contribution in [0.2, 0.25) is 0 Å². The summed E-state index contributed by atoms with van der Waals surface area (Å²) in [6, 6.07) is 6.15. The molecule has 0 radical (unpaired) electrons. The number of carbonyl (C=O) groups is 1. The van der Waals surface area contributed by atoms with E-state index in [1.54, 1.807) is 41.7 Å². The molecule has 0 fully saturated rings. The fourth-order valence-electron chi connectivity index (χ4n) is 1.97. The molecule has 2 unspecified atom stereocenters. The molecule has 0 aliphatic rings. The lowest BCUT2D eigenvalue weighted by molar-refractivity contribution is -0.133. The number of sulfonamides is 1. The summed E-state index contributed by atoms with van der Waals surface area (Å²) in [5.41, 5.74) is 0. The van der Waals surface area contributed by atoms with Crippen LogP contribution in [-0.4, -0.2) is 32.3 Å². The highest BCUT2D eigenvalue weighted by Gasteiger charge is 2.27. The molecule has 0 saturated heterocycles. The van der Waals surface area contributed by atoms with Crippen LogP contribution in [-0.2, 0) is 14.8 Å². The highest BCUT2D eigenvalue weighted by molar-refractivity contribution is 7.91. The minimum Gasteiger partial charge on any atom is -0.337 e. The van der Waals surface area contributed by atoms with Gasteiger partial charge in [0.2, 0.25) is 5.91 Å². The van der Waals surface area contributed by atoms with Gasteiger partial charge in [0.25, 0.3) is 10.0 Å². The zero-order chi connectivity index (χ0) is 16.3. The Bertz CT molecular complexity index is 709. The van der Waals surface area contributed by atoms with Crippen molar-refractivity contribution in [3.63, 3.8) is 0 Å². The highest BCUT2D eigenvalue weighted by atomic mass is 32.2. The molecule has 1 amide bonds. The summed E-state index contributed by atoms with van der Waals surface area (Å²) in [7, 11) is -1.97. The summed E-state index contributed by atoms with van der Waals surface area (Å²) in [5, 5.41) is 3.64. The molecule has 0 bridgehead atoms. The van der Waals surface area contributed by atoms with E-state index >= 15 is 0 Å². The highest BCUT2D eigenvalue weighted by Crippen LogP contribution is 2.24. The lowest BCUT2D eigenvalue weighted by Gasteiger charge is -2.27. The Labute approximate surface area is 138 Å². The third-order valence-electron chi connectivity index (χ3n) is 3.35. The van der Waals surface area contributed by atoms with E-state index in [9.17, 15) is 13.2 Å². The smallest absolute Gasteiger partial charge is 0.250 e. The Balaban J connectivity index is 2.06. The van der Waals surface area contributed by atoms with Crippen molar-refractivity contribution in [1.29, 1.82) is 0 Å². The number of hydrogen-bond donors (Lipinski definition) is 1. The van der Waals surface area contributed by atoms with Crippen LogP contribution in [0.1, 0.15) is 24.8 Å². The molecule has 8 heteroatoms. The van der Waals surface area contributed by atoms with Gasteiger partial charge in [-0.1, -0.05) is 12.1 Å². The maximum Gasteiger partial charge on any atom is 0.250 e. The van der Waals surface area contributed by atoms with E-state index in [1.807, 2.05) is 24.4 Å². The van der Waals surface area contributed by atoms with Crippen LogP contribution in [0.3, 0.4) is 0 Å². The van der Waals surface area contributed by atoms with Gasteiger partial charge in [0.15, 0.2) is 0 Å². The largest absolute Gasteiger partial charge is 0.337 e. The van der Waals surface area contributed by atoms with Crippen molar-refractivity contribution in [2.45, 2.75) is 30.1 Å². The topological polar surface area (TPSA) is 66.5 Å². The van der Waals surface area contributed by atoms with E-state index < -0.39 is 16.1 Å². The van der Waals surface area contributed by atoms with Crippen LogP contribution in [0.5, 0.6) is 0 Å². The van der Waals surface area contributed by atoms with E-state index in [4.69, 9.17) is 0 Å². The average molecular weight is 359 g/mol. The summed E-state index contributed by atoms with van der Waals surface area (Å²) in [5.74, 6) is -0.263. The number of nitrogens with one attached hydrogen (secondary N) is 1. The number of rotatable bonds is 6. The number of amides is 1. The van der Waals surface area contributed by atoms with Gasteiger partial charge in [-0.05, 0) is 36.7 Å². The van der Waals surface area contributed by atoms with Crippen LogP contribution >= 0.6 is 22.7 Å². The van der Waals surface area contributed by atoms with Gasteiger partial charge in [-0.2, -0.15) is 4.72 Å². The predicted octanol–water partition coefficient (Wildman–Crippen LogP) is 2.70. The Morgan fingerprint density at radius 2 is 1.82 bits per heavy atom. The predicted molar refractivity (Wildman–Crippen MR) is 89.6 cm³/mol. The zero-order valence-corrected chi connectivity index (χ0v) is 15.0. The van der Waals surface area contributed by atoms with E-state index in [2.05, 4.69) is 4.72 Å². The summed E-state index contributed by atoms with van der Waals surface area (Å²) < 4.78 is 27.0. The van der Waals surface area contributed by atoms with Crippen molar-refractivity contribution in [3.05, 3.63) is 39.9 Å². The van der Waals surface area contributed by atoms with Crippen LogP contribution in [0.25, 0.3) is 0 Å². The Morgan fingerprint density at radius 1 is 1.18 bits per heavy atom. The van der Waals surface area contributed by atoms with Gasteiger partial charge in [-0.15, -0.1) is 22.7 Å². The molecule has 2 aromatic rings. The molecule has 22 heavy (non-hydrogen) atoms. The maximum absolute atomic E-state index is 12.4. The maximum atomic E-state index is 12.4. The molecule has 5 nitrogen and oxygen atoms in total. The average Bonchev–Trinajstić information content (AvgIpc) is 3.16. The second-order valence-electron chi connectivity index (χ2n) is 4.92. The molecule has 2 heterocycles. The molecular formula is C14H18N2O3S3. The molecule has 0 aromatic carbocycles. The normalized spacial score (nSPS) is 14.5. The second kappa shape index (κ2) is 6.91. The first-order valence-corrected chi connectivity index (χ1v) is 9.93. The lowest BCUT2D eigenvalue weighted by Crippen LogP contribution is -2.45. The Morgan fingerprint density at radius 3 is 2.36 bits per heavy atom. The van der Waals surface area contributed by atoms with Crippen LogP contribution < -0.4 is 4.72 Å². The minimum atomic E-state index is -3.65. The van der Waals surface area contributed by atoms with Crippen molar-refractivity contribution >= 4 is 38.6 Å². The Kier molecular flexibility index (Phi) is 5.38. The van der Waals surface area contributed by atoms with E-state index in [0.29, 0.717) is 0 Å². The number of likely N-dealkylation sites (N-methyl/N-ethyl adjacent to an activating group) is 1. The van der Waals surface area contributed by atoms with Gasteiger partial charge in [-0.25, -0.2) is 8.42 Å². The molecule has 0 aliphatic heterocycles. The molecule has 0 aliphatic carbocycles. The summed E-state index contributed by atoms with van der Waals surface area (Å²) in [4.78, 5) is 15.1.